The molecule has 1 aliphatic heterocycles. The number of methoxy groups -OCH3 is 1. The second-order valence-electron chi connectivity index (χ2n) is 6.75. The number of rotatable bonds is 7. The van der Waals surface area contributed by atoms with Crippen LogP contribution < -0.4 is 4.74 Å². The van der Waals surface area contributed by atoms with Crippen LogP contribution in [0, 0.1) is 0 Å². The summed E-state index contributed by atoms with van der Waals surface area (Å²) >= 11 is 0. The summed E-state index contributed by atoms with van der Waals surface area (Å²) in [5, 5.41) is 0. The second kappa shape index (κ2) is 8.39. The maximum atomic E-state index is 5.27. The Morgan fingerprint density at radius 3 is 2.46 bits per heavy atom. The van der Waals surface area contributed by atoms with Crippen molar-refractivity contribution in [2.45, 2.75) is 45.6 Å². The standard InChI is InChI=1S/C21H30N2O/c1-3-23-17-18(8-7-15-22-13-5-4-6-14-22)16-21(23)19-9-11-20(24-2)12-10-19/h9-12,16-17H,3-8,13-15H2,1-2H3. The monoisotopic (exact) mass is 326 g/mol. The predicted molar refractivity (Wildman–Crippen MR) is 101 cm³/mol. The van der Waals surface area contributed by atoms with Crippen molar-refractivity contribution in [1.82, 2.24) is 9.47 Å². The Hall–Kier alpha value is -1.74. The van der Waals surface area contributed by atoms with Crippen molar-refractivity contribution in [2.75, 3.05) is 26.7 Å². The third kappa shape index (κ3) is 4.21. The minimum absolute atomic E-state index is 0.912. The summed E-state index contributed by atoms with van der Waals surface area (Å²) in [5.41, 5.74) is 4.03. The van der Waals surface area contributed by atoms with E-state index < -0.39 is 0 Å². The Kier molecular flexibility index (Phi) is 5.97. The van der Waals surface area contributed by atoms with Gasteiger partial charge < -0.3 is 14.2 Å². The Labute approximate surface area is 146 Å². The third-order valence-electron chi connectivity index (χ3n) is 5.07. The van der Waals surface area contributed by atoms with E-state index in [2.05, 4.69) is 40.8 Å². The summed E-state index contributed by atoms with van der Waals surface area (Å²) in [7, 11) is 1.71. The highest BCUT2D eigenvalue weighted by molar-refractivity contribution is 5.62. The predicted octanol–water partition coefficient (Wildman–Crippen LogP) is 4.60. The van der Waals surface area contributed by atoms with E-state index in [-0.39, 0.29) is 0 Å². The molecule has 2 heterocycles. The smallest absolute Gasteiger partial charge is 0.118 e. The van der Waals surface area contributed by atoms with Gasteiger partial charge in [0.15, 0.2) is 0 Å². The van der Waals surface area contributed by atoms with Crippen molar-refractivity contribution in [3.05, 3.63) is 42.1 Å². The first-order valence-corrected chi connectivity index (χ1v) is 9.36. The van der Waals surface area contributed by atoms with Crippen LogP contribution >= 0.6 is 0 Å². The SMILES string of the molecule is CCn1cc(CCCN2CCCCC2)cc1-c1ccc(OC)cc1. The van der Waals surface area contributed by atoms with Gasteiger partial charge in [0.25, 0.3) is 0 Å². The molecule has 24 heavy (non-hydrogen) atoms. The quantitative estimate of drug-likeness (QED) is 0.740. The van der Waals surface area contributed by atoms with Gasteiger partial charge in [-0.2, -0.15) is 0 Å². The lowest BCUT2D eigenvalue weighted by molar-refractivity contribution is 0.226. The van der Waals surface area contributed by atoms with Gasteiger partial charge in [-0.1, -0.05) is 6.42 Å². The molecule has 0 bridgehead atoms. The molecule has 0 N–H and O–H groups in total. The van der Waals surface area contributed by atoms with Gasteiger partial charge in [-0.3, -0.25) is 0 Å². The second-order valence-corrected chi connectivity index (χ2v) is 6.75. The van der Waals surface area contributed by atoms with Crippen molar-refractivity contribution in [3.8, 4) is 17.0 Å². The molecular formula is C21H30N2O. The van der Waals surface area contributed by atoms with Crippen molar-refractivity contribution in [2.24, 2.45) is 0 Å². The van der Waals surface area contributed by atoms with Crippen LogP contribution in [0.5, 0.6) is 5.75 Å². The zero-order chi connectivity index (χ0) is 16.8. The molecule has 3 nitrogen and oxygen atoms in total. The maximum Gasteiger partial charge on any atom is 0.118 e. The largest absolute Gasteiger partial charge is 0.497 e. The topological polar surface area (TPSA) is 17.4 Å². The summed E-state index contributed by atoms with van der Waals surface area (Å²) < 4.78 is 7.63. The van der Waals surface area contributed by atoms with Crippen molar-refractivity contribution in [1.29, 1.82) is 0 Å². The molecule has 0 radical (unpaired) electrons. The number of benzene rings is 1. The van der Waals surface area contributed by atoms with E-state index in [0.29, 0.717) is 0 Å². The van der Waals surface area contributed by atoms with Gasteiger partial charge >= 0.3 is 0 Å². The molecular weight excluding hydrogens is 296 g/mol. The van der Waals surface area contributed by atoms with E-state index in [1.54, 1.807) is 7.11 Å². The lowest BCUT2D eigenvalue weighted by atomic mass is 10.1. The van der Waals surface area contributed by atoms with Gasteiger partial charge in [-0.15, -0.1) is 0 Å². The molecule has 1 aliphatic rings. The van der Waals surface area contributed by atoms with E-state index in [1.165, 1.54) is 68.6 Å². The van der Waals surface area contributed by atoms with Crippen LogP contribution in [0.1, 0.15) is 38.2 Å². The van der Waals surface area contributed by atoms with Crippen LogP contribution in [-0.4, -0.2) is 36.2 Å². The molecule has 1 saturated heterocycles. The first-order chi connectivity index (χ1) is 11.8. The zero-order valence-electron chi connectivity index (χ0n) is 15.1. The van der Waals surface area contributed by atoms with E-state index >= 15 is 0 Å². The summed E-state index contributed by atoms with van der Waals surface area (Å²) in [6.07, 6.45) is 8.95. The first kappa shape index (κ1) is 17.1. The Morgan fingerprint density at radius 2 is 1.79 bits per heavy atom. The highest BCUT2D eigenvalue weighted by Gasteiger charge is 2.11. The Balaban J connectivity index is 1.63. The maximum absolute atomic E-state index is 5.27. The van der Waals surface area contributed by atoms with Crippen LogP contribution in [0.15, 0.2) is 36.5 Å². The highest BCUT2D eigenvalue weighted by atomic mass is 16.5. The molecule has 0 spiro atoms. The van der Waals surface area contributed by atoms with Gasteiger partial charge in [0.2, 0.25) is 0 Å². The molecule has 0 atom stereocenters. The minimum atomic E-state index is 0.912. The van der Waals surface area contributed by atoms with Crippen LogP contribution in [0.4, 0.5) is 0 Å². The average Bonchev–Trinajstić information content (AvgIpc) is 3.06. The van der Waals surface area contributed by atoms with Crippen LogP contribution in [-0.2, 0) is 13.0 Å². The number of aryl methyl sites for hydroxylation is 2. The number of ether oxygens (including phenoxy) is 1. The van der Waals surface area contributed by atoms with Crippen LogP contribution in [0.25, 0.3) is 11.3 Å². The van der Waals surface area contributed by atoms with Gasteiger partial charge in [0, 0.05) is 18.4 Å². The highest BCUT2D eigenvalue weighted by Crippen LogP contribution is 2.25. The summed E-state index contributed by atoms with van der Waals surface area (Å²) in [4.78, 5) is 2.63. The Morgan fingerprint density at radius 1 is 1.04 bits per heavy atom. The number of aromatic nitrogens is 1. The molecule has 0 saturated carbocycles. The number of hydrogen-bond donors (Lipinski definition) is 0. The van der Waals surface area contributed by atoms with Crippen molar-refractivity contribution >= 4 is 0 Å². The molecule has 130 valence electrons. The number of nitrogens with zero attached hydrogens (tertiary/aromatic N) is 2. The summed E-state index contributed by atoms with van der Waals surface area (Å²) in [6, 6.07) is 10.7. The molecule has 1 aromatic carbocycles. The number of hydrogen-bond acceptors (Lipinski definition) is 2. The zero-order valence-corrected chi connectivity index (χ0v) is 15.1. The molecule has 0 amide bonds. The van der Waals surface area contributed by atoms with Crippen molar-refractivity contribution in [3.63, 3.8) is 0 Å². The van der Waals surface area contributed by atoms with Gasteiger partial charge in [-0.05, 0) is 93.7 Å². The van der Waals surface area contributed by atoms with Gasteiger partial charge in [-0.25, -0.2) is 0 Å². The van der Waals surface area contributed by atoms with E-state index in [1.807, 2.05) is 12.1 Å². The van der Waals surface area contributed by atoms with E-state index in [4.69, 9.17) is 4.74 Å². The molecule has 2 aromatic rings. The average molecular weight is 326 g/mol. The molecule has 1 fully saturated rings. The fraction of sp³-hybridized carbons (Fsp3) is 0.524. The van der Waals surface area contributed by atoms with Gasteiger partial charge in [0.05, 0.1) is 7.11 Å². The van der Waals surface area contributed by atoms with Crippen LogP contribution in [0.3, 0.4) is 0 Å². The van der Waals surface area contributed by atoms with Gasteiger partial charge in [0.1, 0.15) is 5.75 Å². The lowest BCUT2D eigenvalue weighted by Gasteiger charge is -2.26. The lowest BCUT2D eigenvalue weighted by Crippen LogP contribution is -2.30. The fourth-order valence-corrected chi connectivity index (χ4v) is 3.66. The van der Waals surface area contributed by atoms with Crippen LogP contribution in [0.2, 0.25) is 0 Å². The minimum Gasteiger partial charge on any atom is -0.497 e. The first-order valence-electron chi connectivity index (χ1n) is 9.36. The number of likely N-dealkylation sites (tertiary alicyclic amines) is 1. The number of piperidine rings is 1. The molecule has 3 heteroatoms. The summed E-state index contributed by atoms with van der Waals surface area (Å²) in [5.74, 6) is 0.912. The Bertz CT molecular complexity index is 624. The fourth-order valence-electron chi connectivity index (χ4n) is 3.66. The normalized spacial score (nSPS) is 15.6. The molecule has 0 unspecified atom stereocenters. The molecule has 0 aliphatic carbocycles. The molecule has 3 rings (SSSR count). The summed E-state index contributed by atoms with van der Waals surface area (Å²) in [6.45, 7) is 7.06. The van der Waals surface area contributed by atoms with E-state index in [9.17, 15) is 0 Å². The third-order valence-corrected chi connectivity index (χ3v) is 5.07. The van der Waals surface area contributed by atoms with E-state index in [0.717, 1.165) is 12.3 Å². The molecule has 1 aromatic heterocycles. The van der Waals surface area contributed by atoms with Crippen molar-refractivity contribution < 1.29 is 4.74 Å².